The fourth-order valence-corrected chi connectivity index (χ4v) is 4.33. The van der Waals surface area contributed by atoms with Crippen molar-refractivity contribution in [3.05, 3.63) is 36.2 Å². The van der Waals surface area contributed by atoms with Crippen LogP contribution in [0.4, 0.5) is 19.0 Å². The minimum absolute atomic E-state index is 0.0745. The van der Waals surface area contributed by atoms with E-state index < -0.39 is 30.5 Å². The summed E-state index contributed by atoms with van der Waals surface area (Å²) in [4.78, 5) is 20.1. The number of nitrogens with zero attached hydrogens (tertiary/aromatic N) is 4. The number of anilines is 1. The number of fused-ring (bicyclic) bond motifs is 2. The maximum atomic E-state index is 14.7. The highest BCUT2D eigenvalue weighted by molar-refractivity contribution is 5.98. The lowest BCUT2D eigenvalue weighted by Gasteiger charge is -2.27. The Morgan fingerprint density at radius 2 is 2.00 bits per heavy atom. The van der Waals surface area contributed by atoms with Crippen molar-refractivity contribution in [2.24, 2.45) is 0 Å². The predicted molar refractivity (Wildman–Crippen MR) is 104 cm³/mol. The third-order valence-electron chi connectivity index (χ3n) is 5.75. The Bertz CT molecular complexity index is 1120. The number of piperidine rings is 1. The zero-order valence-electron chi connectivity index (χ0n) is 15.9. The minimum Gasteiger partial charge on any atom is -0.314 e. The molecule has 2 aromatic heterocycles. The van der Waals surface area contributed by atoms with Gasteiger partial charge in [0.2, 0.25) is 12.3 Å². The van der Waals surface area contributed by atoms with Crippen LogP contribution in [0.15, 0.2) is 30.6 Å². The first-order chi connectivity index (χ1) is 14.5. The SMILES string of the molecule is O=C1C[C@H](C(F)F)c2c(ncnc2-c2nn([C@H]3CCNC[C@H]3F)c3ccccc23)N1. The first kappa shape index (κ1) is 19.0. The summed E-state index contributed by atoms with van der Waals surface area (Å²) < 4.78 is 43.9. The molecule has 0 unspecified atom stereocenters. The van der Waals surface area contributed by atoms with Gasteiger partial charge in [0, 0.05) is 23.9 Å². The molecule has 1 amide bonds. The summed E-state index contributed by atoms with van der Waals surface area (Å²) in [6.07, 6.45) is -2.46. The van der Waals surface area contributed by atoms with Crippen LogP contribution in [0.25, 0.3) is 22.3 Å². The molecule has 156 valence electrons. The third-order valence-corrected chi connectivity index (χ3v) is 5.75. The highest BCUT2D eigenvalue weighted by Crippen LogP contribution is 2.42. The molecule has 30 heavy (non-hydrogen) atoms. The molecular formula is C20H19F3N6O. The van der Waals surface area contributed by atoms with Crippen LogP contribution in [0.3, 0.4) is 0 Å². The quantitative estimate of drug-likeness (QED) is 0.686. The zero-order valence-corrected chi connectivity index (χ0v) is 15.9. The smallest absolute Gasteiger partial charge is 0.246 e. The number of amides is 1. The van der Waals surface area contributed by atoms with Gasteiger partial charge in [-0.25, -0.2) is 23.1 Å². The van der Waals surface area contributed by atoms with Crippen molar-refractivity contribution in [2.75, 3.05) is 18.4 Å². The molecule has 0 radical (unpaired) electrons. The van der Waals surface area contributed by atoms with Crippen LogP contribution < -0.4 is 10.6 Å². The van der Waals surface area contributed by atoms with Crippen LogP contribution in [0.5, 0.6) is 0 Å². The van der Waals surface area contributed by atoms with E-state index >= 15 is 0 Å². The summed E-state index contributed by atoms with van der Waals surface area (Å²) in [5, 5.41) is 10.9. The van der Waals surface area contributed by atoms with Gasteiger partial charge in [0.15, 0.2) is 0 Å². The molecule has 0 bridgehead atoms. The van der Waals surface area contributed by atoms with E-state index in [9.17, 15) is 18.0 Å². The lowest BCUT2D eigenvalue weighted by Crippen LogP contribution is -2.39. The number of hydrogen-bond donors (Lipinski definition) is 2. The number of hydrogen-bond acceptors (Lipinski definition) is 5. The Morgan fingerprint density at radius 3 is 2.80 bits per heavy atom. The van der Waals surface area contributed by atoms with E-state index in [-0.39, 0.29) is 30.0 Å². The number of nitrogens with one attached hydrogen (secondary N) is 2. The van der Waals surface area contributed by atoms with Gasteiger partial charge in [-0.05, 0) is 19.0 Å². The lowest BCUT2D eigenvalue weighted by molar-refractivity contribution is -0.117. The van der Waals surface area contributed by atoms with E-state index in [1.807, 2.05) is 24.3 Å². The van der Waals surface area contributed by atoms with Crippen LogP contribution in [0.1, 0.15) is 30.4 Å². The monoisotopic (exact) mass is 416 g/mol. The second-order valence-electron chi connectivity index (χ2n) is 7.56. The molecule has 0 spiro atoms. The highest BCUT2D eigenvalue weighted by atomic mass is 19.3. The number of alkyl halides is 3. The number of carbonyl (C=O) groups excluding carboxylic acids is 1. The van der Waals surface area contributed by atoms with Crippen LogP contribution in [0.2, 0.25) is 0 Å². The molecule has 2 aliphatic rings. The van der Waals surface area contributed by atoms with Crippen molar-refractivity contribution < 1.29 is 18.0 Å². The number of aromatic nitrogens is 4. The molecule has 1 fully saturated rings. The third kappa shape index (κ3) is 3.02. The molecule has 0 aliphatic carbocycles. The van der Waals surface area contributed by atoms with Crippen molar-refractivity contribution >= 4 is 22.6 Å². The fourth-order valence-electron chi connectivity index (χ4n) is 4.33. The van der Waals surface area contributed by atoms with Gasteiger partial charge in [-0.3, -0.25) is 9.48 Å². The van der Waals surface area contributed by atoms with Crippen molar-refractivity contribution in [1.82, 2.24) is 25.1 Å². The van der Waals surface area contributed by atoms with Gasteiger partial charge in [-0.2, -0.15) is 5.10 Å². The number of rotatable bonds is 3. The second-order valence-corrected chi connectivity index (χ2v) is 7.56. The number of benzene rings is 1. The first-order valence-corrected chi connectivity index (χ1v) is 9.80. The van der Waals surface area contributed by atoms with E-state index in [2.05, 4.69) is 25.7 Å². The van der Waals surface area contributed by atoms with Crippen LogP contribution in [0, 0.1) is 0 Å². The van der Waals surface area contributed by atoms with E-state index in [1.54, 1.807) is 4.68 Å². The molecule has 3 atom stereocenters. The maximum Gasteiger partial charge on any atom is 0.246 e. The molecule has 7 nitrogen and oxygen atoms in total. The molecule has 2 aliphatic heterocycles. The van der Waals surface area contributed by atoms with E-state index in [0.717, 1.165) is 0 Å². The van der Waals surface area contributed by atoms with Crippen molar-refractivity contribution in [3.63, 3.8) is 0 Å². The second kappa shape index (κ2) is 7.35. The van der Waals surface area contributed by atoms with Gasteiger partial charge in [-0.15, -0.1) is 0 Å². The normalized spacial score (nSPS) is 24.1. The average molecular weight is 416 g/mol. The Balaban J connectivity index is 1.72. The number of carbonyl (C=O) groups is 1. The molecule has 4 heterocycles. The Hall–Kier alpha value is -3.01. The van der Waals surface area contributed by atoms with Crippen molar-refractivity contribution in [3.8, 4) is 11.4 Å². The molecular weight excluding hydrogens is 397 g/mol. The summed E-state index contributed by atoms with van der Waals surface area (Å²) >= 11 is 0. The maximum absolute atomic E-state index is 14.7. The fraction of sp³-hybridized carbons (Fsp3) is 0.400. The lowest BCUT2D eigenvalue weighted by atomic mass is 9.90. The van der Waals surface area contributed by atoms with E-state index in [1.165, 1.54) is 6.33 Å². The van der Waals surface area contributed by atoms with Gasteiger partial charge in [0.05, 0.1) is 17.5 Å². The van der Waals surface area contributed by atoms with E-state index in [4.69, 9.17) is 0 Å². The molecule has 3 aromatic rings. The largest absolute Gasteiger partial charge is 0.314 e. The minimum atomic E-state index is -2.76. The Morgan fingerprint density at radius 1 is 1.17 bits per heavy atom. The predicted octanol–water partition coefficient (Wildman–Crippen LogP) is 3.06. The summed E-state index contributed by atoms with van der Waals surface area (Å²) in [5.74, 6) is -1.77. The average Bonchev–Trinajstić information content (AvgIpc) is 3.12. The molecule has 1 saturated heterocycles. The van der Waals surface area contributed by atoms with Gasteiger partial charge in [0.25, 0.3) is 0 Å². The van der Waals surface area contributed by atoms with Crippen molar-refractivity contribution in [2.45, 2.75) is 37.4 Å². The molecule has 10 heteroatoms. The van der Waals surface area contributed by atoms with Gasteiger partial charge >= 0.3 is 0 Å². The highest BCUT2D eigenvalue weighted by Gasteiger charge is 2.37. The molecule has 2 N–H and O–H groups in total. The van der Waals surface area contributed by atoms with Gasteiger partial charge in [-0.1, -0.05) is 18.2 Å². The first-order valence-electron chi connectivity index (χ1n) is 9.80. The summed E-state index contributed by atoms with van der Waals surface area (Å²) in [7, 11) is 0. The Labute approximate surface area is 169 Å². The van der Waals surface area contributed by atoms with Crippen LogP contribution in [-0.4, -0.2) is 51.3 Å². The van der Waals surface area contributed by atoms with Crippen molar-refractivity contribution in [1.29, 1.82) is 0 Å². The zero-order chi connectivity index (χ0) is 20.8. The van der Waals surface area contributed by atoms with Crippen LogP contribution >= 0.6 is 0 Å². The molecule has 0 saturated carbocycles. The standard InChI is InChI=1S/C20H19F3N6O/c21-12-8-24-6-5-14(12)29-13-4-2-1-3-10(13)17(28-29)18-16-11(19(22)23)7-15(30)27-20(16)26-9-25-18/h1-4,9,11-12,14,19,24H,5-8H2,(H,25,26,27,30)/t11-,12+,14-/m0/s1. The Kier molecular flexibility index (Phi) is 4.65. The van der Waals surface area contributed by atoms with Gasteiger partial charge in [0.1, 0.15) is 29.7 Å². The summed E-state index contributed by atoms with van der Waals surface area (Å²) in [6, 6.07) is 6.83. The number of halogens is 3. The van der Waals surface area contributed by atoms with Gasteiger partial charge < -0.3 is 10.6 Å². The summed E-state index contributed by atoms with van der Waals surface area (Å²) in [5.41, 5.74) is 1.51. The van der Waals surface area contributed by atoms with E-state index in [0.29, 0.717) is 29.6 Å². The summed E-state index contributed by atoms with van der Waals surface area (Å²) in [6.45, 7) is 0.896. The number of para-hydroxylation sites is 1. The topological polar surface area (TPSA) is 84.7 Å². The molecule has 5 rings (SSSR count). The van der Waals surface area contributed by atoms with Crippen LogP contribution in [-0.2, 0) is 4.79 Å². The molecule has 1 aromatic carbocycles.